The Morgan fingerprint density at radius 2 is 1.67 bits per heavy atom. The normalized spacial score (nSPS) is 17.4. The van der Waals surface area contributed by atoms with Gasteiger partial charge in [-0.15, -0.1) is 47.1 Å². The van der Waals surface area contributed by atoms with Crippen LogP contribution in [0.25, 0.3) is 15.8 Å². The molecule has 2 nitrogen and oxygen atoms in total. The topological polar surface area (TPSA) is 16.1 Å². The molecule has 3 aromatic carbocycles. The van der Waals surface area contributed by atoms with E-state index in [0.717, 1.165) is 16.9 Å². The molecule has 0 aliphatic carbocycles. The van der Waals surface area contributed by atoms with Gasteiger partial charge in [-0.05, 0) is 66.6 Å². The highest BCUT2D eigenvalue weighted by molar-refractivity contribution is 14.0. The smallest absolute Gasteiger partial charge is 0.120 e. The Labute approximate surface area is 203 Å². The first kappa shape index (κ1) is 21.4. The van der Waals surface area contributed by atoms with Gasteiger partial charge in [-0.1, -0.05) is 48.5 Å². The van der Waals surface area contributed by atoms with E-state index in [1.807, 2.05) is 11.8 Å². The second-order valence-corrected chi connectivity index (χ2v) is 9.18. The Kier molecular flexibility index (Phi) is 6.51. The van der Waals surface area contributed by atoms with Crippen LogP contribution in [0.4, 0.5) is 11.4 Å². The van der Waals surface area contributed by atoms with Crippen molar-refractivity contribution in [2.24, 2.45) is 0 Å². The number of hydrogen-bond donors (Lipinski definition) is 0. The van der Waals surface area contributed by atoms with E-state index in [-0.39, 0.29) is 29.4 Å². The third-order valence-corrected chi connectivity index (χ3v) is 7.62. The van der Waals surface area contributed by atoms with Crippen molar-refractivity contribution in [1.82, 2.24) is 4.98 Å². The molecule has 1 aromatic heterocycles. The van der Waals surface area contributed by atoms with Crippen molar-refractivity contribution in [3.05, 3.63) is 95.0 Å². The average Bonchev–Trinajstić information content (AvgIpc) is 3.22. The summed E-state index contributed by atoms with van der Waals surface area (Å²) in [6, 6.07) is 27.9. The summed E-state index contributed by atoms with van der Waals surface area (Å²) >= 11 is 3.69. The summed E-state index contributed by atoms with van der Waals surface area (Å²) in [7, 11) is 0. The molecule has 1 aliphatic heterocycles. The number of thioether (sulfide) groups is 1. The Balaban J connectivity index is 0.00000218. The minimum atomic E-state index is 0. The fourth-order valence-corrected chi connectivity index (χ4v) is 6.06. The van der Waals surface area contributed by atoms with Gasteiger partial charge >= 0.3 is 0 Å². The molecular formula is C25H23IN2S2. The van der Waals surface area contributed by atoms with Crippen molar-refractivity contribution in [2.45, 2.75) is 18.7 Å². The van der Waals surface area contributed by atoms with E-state index >= 15 is 0 Å². The van der Waals surface area contributed by atoms with Gasteiger partial charge in [-0.25, -0.2) is 4.98 Å². The number of allylic oxidation sites excluding steroid dienone is 1. The Morgan fingerprint density at radius 3 is 2.43 bits per heavy atom. The monoisotopic (exact) mass is 542 g/mol. The fraction of sp³-hybridized carbons (Fsp3) is 0.160. The maximum atomic E-state index is 4.94. The zero-order valence-electron chi connectivity index (χ0n) is 16.9. The summed E-state index contributed by atoms with van der Waals surface area (Å²) in [5.41, 5.74) is 7.74. The van der Waals surface area contributed by atoms with E-state index in [0.29, 0.717) is 0 Å². The first-order valence-electron chi connectivity index (χ1n) is 9.77. The first-order chi connectivity index (χ1) is 14.3. The Bertz CT molecular complexity index is 1170. The summed E-state index contributed by atoms with van der Waals surface area (Å²) in [4.78, 5) is 7.43. The molecule has 0 bridgehead atoms. The molecule has 0 saturated heterocycles. The van der Waals surface area contributed by atoms with Gasteiger partial charge in [-0.3, -0.25) is 0 Å². The maximum Gasteiger partial charge on any atom is 0.120 e. The SMILES string of the molecule is CSC1C(=C(C)c2nc3ccccc3s2)Cc2ccccc2N1c1ccccc1.I. The molecule has 30 heavy (non-hydrogen) atoms. The zero-order valence-corrected chi connectivity index (χ0v) is 20.9. The number of para-hydroxylation sites is 3. The largest absolute Gasteiger partial charge is 0.325 e. The minimum absolute atomic E-state index is 0. The second kappa shape index (κ2) is 9.12. The Hall–Kier alpha value is -1.83. The molecule has 5 heteroatoms. The lowest BCUT2D eigenvalue weighted by Crippen LogP contribution is -2.35. The third-order valence-electron chi connectivity index (χ3n) is 5.52. The molecule has 5 rings (SSSR count). The number of rotatable bonds is 3. The van der Waals surface area contributed by atoms with Crippen LogP contribution >= 0.6 is 47.1 Å². The van der Waals surface area contributed by atoms with E-state index in [1.54, 1.807) is 11.3 Å². The molecule has 1 aliphatic rings. The lowest BCUT2D eigenvalue weighted by atomic mass is 9.93. The summed E-state index contributed by atoms with van der Waals surface area (Å²) in [6.07, 6.45) is 3.17. The van der Waals surface area contributed by atoms with Crippen LogP contribution < -0.4 is 4.90 Å². The van der Waals surface area contributed by atoms with Crippen molar-refractivity contribution in [2.75, 3.05) is 11.2 Å². The first-order valence-corrected chi connectivity index (χ1v) is 11.9. The quantitative estimate of drug-likeness (QED) is 0.246. The van der Waals surface area contributed by atoms with E-state index in [1.165, 1.54) is 32.8 Å². The fourth-order valence-electron chi connectivity index (χ4n) is 4.07. The van der Waals surface area contributed by atoms with Crippen molar-refractivity contribution in [3.8, 4) is 0 Å². The molecule has 1 unspecified atom stereocenters. The standard InChI is InChI=1S/C25H22N2S2.HI/c1-17(24-26-21-13-7-9-15-23(21)29-24)20-16-18-10-6-8-14-22(18)27(25(20)28-2)19-11-4-3-5-12-19;/h3-15,25H,16H2,1-2H3;1H. The molecule has 2 heterocycles. The number of thiazole rings is 1. The number of aromatic nitrogens is 1. The number of benzene rings is 3. The van der Waals surface area contributed by atoms with E-state index in [2.05, 4.69) is 96.9 Å². The highest BCUT2D eigenvalue weighted by Crippen LogP contribution is 2.45. The van der Waals surface area contributed by atoms with Gasteiger partial charge in [0.25, 0.3) is 0 Å². The van der Waals surface area contributed by atoms with Crippen molar-refractivity contribution in [3.63, 3.8) is 0 Å². The van der Waals surface area contributed by atoms with Gasteiger partial charge in [0.15, 0.2) is 0 Å². The molecule has 152 valence electrons. The number of nitrogens with zero attached hydrogens (tertiary/aromatic N) is 2. The summed E-state index contributed by atoms with van der Waals surface area (Å²) < 4.78 is 1.25. The van der Waals surface area contributed by atoms with E-state index in [9.17, 15) is 0 Å². The summed E-state index contributed by atoms with van der Waals surface area (Å²) in [6.45, 7) is 2.24. The van der Waals surface area contributed by atoms with Crippen molar-refractivity contribution >= 4 is 74.2 Å². The number of hydrogen-bond acceptors (Lipinski definition) is 4. The molecule has 4 aromatic rings. The van der Waals surface area contributed by atoms with Crippen molar-refractivity contribution < 1.29 is 0 Å². The molecule has 0 fully saturated rings. The average molecular weight is 543 g/mol. The lowest BCUT2D eigenvalue weighted by molar-refractivity contribution is 0.882. The molecular weight excluding hydrogens is 519 g/mol. The van der Waals surface area contributed by atoms with Crippen LogP contribution in [0.1, 0.15) is 17.5 Å². The summed E-state index contributed by atoms with van der Waals surface area (Å²) in [5, 5.41) is 1.38. The minimum Gasteiger partial charge on any atom is -0.325 e. The van der Waals surface area contributed by atoms with Crippen LogP contribution in [-0.2, 0) is 6.42 Å². The van der Waals surface area contributed by atoms with Crippen LogP contribution in [0.2, 0.25) is 0 Å². The molecule has 1 atom stereocenters. The number of halogens is 1. The maximum absolute atomic E-state index is 4.94. The highest BCUT2D eigenvalue weighted by Gasteiger charge is 2.32. The van der Waals surface area contributed by atoms with Crippen LogP contribution in [0.5, 0.6) is 0 Å². The van der Waals surface area contributed by atoms with Crippen LogP contribution in [0.3, 0.4) is 0 Å². The molecule has 0 N–H and O–H groups in total. The van der Waals surface area contributed by atoms with Gasteiger partial charge in [0.1, 0.15) is 10.4 Å². The predicted molar refractivity (Wildman–Crippen MR) is 144 cm³/mol. The van der Waals surface area contributed by atoms with Crippen LogP contribution in [0.15, 0.2) is 84.4 Å². The zero-order chi connectivity index (χ0) is 19.8. The molecule has 0 amide bonds. The van der Waals surface area contributed by atoms with Crippen molar-refractivity contribution in [1.29, 1.82) is 0 Å². The van der Waals surface area contributed by atoms with Gasteiger partial charge in [0.2, 0.25) is 0 Å². The van der Waals surface area contributed by atoms with Crippen LogP contribution in [0, 0.1) is 0 Å². The second-order valence-electron chi connectivity index (χ2n) is 7.24. The summed E-state index contributed by atoms with van der Waals surface area (Å²) in [5.74, 6) is 0. The van der Waals surface area contributed by atoms with Crippen LogP contribution in [-0.4, -0.2) is 16.6 Å². The van der Waals surface area contributed by atoms with E-state index < -0.39 is 0 Å². The Morgan fingerprint density at radius 1 is 0.967 bits per heavy atom. The van der Waals surface area contributed by atoms with E-state index in [4.69, 9.17) is 4.98 Å². The lowest BCUT2D eigenvalue weighted by Gasteiger charge is -2.40. The number of anilines is 2. The number of fused-ring (bicyclic) bond motifs is 2. The van der Waals surface area contributed by atoms with Gasteiger partial charge in [-0.2, -0.15) is 0 Å². The van der Waals surface area contributed by atoms with Gasteiger partial charge in [0.05, 0.1) is 10.2 Å². The van der Waals surface area contributed by atoms with Gasteiger partial charge in [0, 0.05) is 11.4 Å². The predicted octanol–water partition coefficient (Wildman–Crippen LogP) is 7.77. The third kappa shape index (κ3) is 3.79. The molecule has 0 saturated carbocycles. The molecule has 0 spiro atoms. The van der Waals surface area contributed by atoms with Gasteiger partial charge < -0.3 is 4.90 Å². The molecule has 0 radical (unpaired) electrons. The highest BCUT2D eigenvalue weighted by atomic mass is 127.